The van der Waals surface area contributed by atoms with Gasteiger partial charge < -0.3 is 4.90 Å². The van der Waals surface area contributed by atoms with Crippen molar-refractivity contribution in [3.8, 4) is 0 Å². The van der Waals surface area contributed by atoms with Gasteiger partial charge in [0.1, 0.15) is 0 Å². The van der Waals surface area contributed by atoms with Gasteiger partial charge in [0.05, 0.1) is 0 Å². The molecule has 96 valence electrons. The molecule has 0 aromatic carbocycles. The summed E-state index contributed by atoms with van der Waals surface area (Å²) in [7, 11) is 0. The highest BCUT2D eigenvalue weighted by Gasteiger charge is 2.06. The molecule has 0 aliphatic rings. The Morgan fingerprint density at radius 3 is 2.47 bits per heavy atom. The van der Waals surface area contributed by atoms with Gasteiger partial charge in [-0.1, -0.05) is 36.8 Å². The van der Waals surface area contributed by atoms with E-state index in [1.54, 1.807) is 17.9 Å². The Kier molecular flexibility index (Phi) is 9.12. The number of allylic oxidation sites excluding steroid dienone is 3. The molecule has 2 heteroatoms. The fourth-order valence-corrected chi connectivity index (χ4v) is 1.54. The maximum absolute atomic E-state index is 11.3. The summed E-state index contributed by atoms with van der Waals surface area (Å²) in [4.78, 5) is 13.1. The van der Waals surface area contributed by atoms with E-state index in [0.717, 1.165) is 19.3 Å². The van der Waals surface area contributed by atoms with Crippen LogP contribution < -0.4 is 0 Å². The predicted octanol–water partition coefficient (Wildman–Crippen LogP) is 3.71. The molecule has 0 bridgehead atoms. The molecule has 0 aliphatic heterocycles. The minimum absolute atomic E-state index is 0.100. The van der Waals surface area contributed by atoms with Crippen molar-refractivity contribution in [3.05, 3.63) is 36.5 Å². The largest absolute Gasteiger partial charge is 0.335 e. The van der Waals surface area contributed by atoms with Crippen molar-refractivity contribution in [2.75, 3.05) is 13.1 Å². The fraction of sp³-hybridized carbons (Fsp3) is 0.533. The fourth-order valence-electron chi connectivity index (χ4n) is 1.54. The van der Waals surface area contributed by atoms with Gasteiger partial charge in [-0.15, -0.1) is 6.58 Å². The second-order valence-corrected chi connectivity index (χ2v) is 4.20. The van der Waals surface area contributed by atoms with Gasteiger partial charge in [-0.3, -0.25) is 4.79 Å². The van der Waals surface area contributed by atoms with E-state index >= 15 is 0 Å². The number of unbranched alkanes of at least 4 members (excludes halogenated alkanes) is 1. The van der Waals surface area contributed by atoms with Crippen LogP contribution in [0.5, 0.6) is 0 Å². The normalized spacial score (nSPS) is 11.8. The smallest absolute Gasteiger partial charge is 0.220 e. The molecule has 0 aromatic rings. The van der Waals surface area contributed by atoms with Gasteiger partial charge in [0.25, 0.3) is 0 Å². The molecule has 0 radical (unpaired) electrons. The summed E-state index contributed by atoms with van der Waals surface area (Å²) in [5, 5.41) is 0. The van der Waals surface area contributed by atoms with Crippen molar-refractivity contribution in [1.82, 2.24) is 4.90 Å². The van der Waals surface area contributed by atoms with Crippen LogP contribution in [0, 0.1) is 0 Å². The second-order valence-electron chi connectivity index (χ2n) is 4.20. The van der Waals surface area contributed by atoms with Gasteiger partial charge in [0.2, 0.25) is 5.91 Å². The molecule has 0 atom stereocenters. The molecule has 0 spiro atoms. The number of carbonyl (C=O) groups excluding carboxylic acids is 1. The molecule has 0 N–H and O–H groups in total. The maximum atomic E-state index is 11.3. The van der Waals surface area contributed by atoms with Crippen molar-refractivity contribution in [2.24, 2.45) is 0 Å². The van der Waals surface area contributed by atoms with Crippen LogP contribution >= 0.6 is 0 Å². The van der Waals surface area contributed by atoms with Crippen LogP contribution in [-0.2, 0) is 4.79 Å². The van der Waals surface area contributed by atoms with Crippen LogP contribution in [0.15, 0.2) is 36.5 Å². The van der Waals surface area contributed by atoms with Crippen LogP contribution in [0.4, 0.5) is 0 Å². The van der Waals surface area contributed by atoms with Crippen LogP contribution in [0.3, 0.4) is 0 Å². The summed E-state index contributed by atoms with van der Waals surface area (Å²) in [6.07, 6.45) is 11.6. The Labute approximate surface area is 106 Å². The third kappa shape index (κ3) is 8.49. The molecule has 0 fully saturated rings. The lowest BCUT2D eigenvalue weighted by molar-refractivity contribution is -0.127. The van der Waals surface area contributed by atoms with E-state index < -0.39 is 0 Å². The Morgan fingerprint density at radius 2 is 1.94 bits per heavy atom. The number of hydrogen-bond acceptors (Lipinski definition) is 1. The summed E-state index contributed by atoms with van der Waals surface area (Å²) in [5.41, 5.74) is 1.24. The molecular weight excluding hydrogens is 210 g/mol. The Balaban J connectivity index is 4.06. The SMILES string of the molecule is C=CCN(C/C(C)=C\CC/C=C\CC)C(C)=O. The molecule has 0 rings (SSSR count). The lowest BCUT2D eigenvalue weighted by atomic mass is 10.2. The number of amides is 1. The summed E-state index contributed by atoms with van der Waals surface area (Å²) < 4.78 is 0. The minimum Gasteiger partial charge on any atom is -0.335 e. The highest BCUT2D eigenvalue weighted by atomic mass is 16.2. The first-order valence-corrected chi connectivity index (χ1v) is 6.28. The summed E-state index contributed by atoms with van der Waals surface area (Å²) in [5.74, 6) is 0.100. The van der Waals surface area contributed by atoms with Gasteiger partial charge in [0, 0.05) is 20.0 Å². The number of rotatable bonds is 8. The lowest BCUT2D eigenvalue weighted by Gasteiger charge is -2.19. The third-order valence-corrected chi connectivity index (χ3v) is 2.46. The first-order chi connectivity index (χ1) is 8.11. The topological polar surface area (TPSA) is 20.3 Å². The lowest BCUT2D eigenvalue weighted by Crippen LogP contribution is -2.30. The average molecular weight is 235 g/mol. The van der Waals surface area contributed by atoms with E-state index in [9.17, 15) is 4.79 Å². The first kappa shape index (κ1) is 15.7. The molecule has 1 amide bonds. The van der Waals surface area contributed by atoms with Crippen LogP contribution in [0.1, 0.15) is 40.0 Å². The minimum atomic E-state index is 0.100. The van der Waals surface area contributed by atoms with Gasteiger partial charge in [0.15, 0.2) is 0 Å². The summed E-state index contributed by atoms with van der Waals surface area (Å²) >= 11 is 0. The third-order valence-electron chi connectivity index (χ3n) is 2.46. The molecule has 0 aliphatic carbocycles. The highest BCUT2D eigenvalue weighted by molar-refractivity contribution is 5.73. The van der Waals surface area contributed by atoms with Crippen LogP contribution in [0.25, 0.3) is 0 Å². The molecule has 0 saturated heterocycles. The second kappa shape index (κ2) is 9.88. The first-order valence-electron chi connectivity index (χ1n) is 6.28. The van der Waals surface area contributed by atoms with E-state index in [2.05, 4.69) is 38.7 Å². The molecular formula is C15H25NO. The Morgan fingerprint density at radius 1 is 1.24 bits per heavy atom. The standard InChI is InChI=1S/C15H25NO/c1-5-7-8-9-10-11-14(3)13-16(12-6-2)15(4)17/h6-8,11H,2,5,9-10,12-13H2,1,3-4H3/b8-7-,14-11-. The van der Waals surface area contributed by atoms with E-state index in [1.165, 1.54) is 5.57 Å². The van der Waals surface area contributed by atoms with Crippen molar-refractivity contribution >= 4 is 5.91 Å². The zero-order chi connectivity index (χ0) is 13.1. The average Bonchev–Trinajstić information content (AvgIpc) is 2.28. The van der Waals surface area contributed by atoms with Crippen molar-refractivity contribution < 1.29 is 4.79 Å². The molecule has 2 nitrogen and oxygen atoms in total. The highest BCUT2D eigenvalue weighted by Crippen LogP contribution is 2.03. The molecule has 0 heterocycles. The molecule has 0 aromatic heterocycles. The summed E-state index contributed by atoms with van der Waals surface area (Å²) in [6, 6.07) is 0. The van der Waals surface area contributed by atoms with Gasteiger partial charge in [-0.05, 0) is 26.2 Å². The van der Waals surface area contributed by atoms with Crippen LogP contribution in [0.2, 0.25) is 0 Å². The van der Waals surface area contributed by atoms with E-state index in [0.29, 0.717) is 13.1 Å². The number of carbonyl (C=O) groups is 1. The van der Waals surface area contributed by atoms with Crippen molar-refractivity contribution in [1.29, 1.82) is 0 Å². The Hall–Kier alpha value is -1.31. The van der Waals surface area contributed by atoms with Gasteiger partial charge in [-0.2, -0.15) is 0 Å². The Bertz CT molecular complexity index is 289. The molecule has 0 unspecified atom stereocenters. The molecule has 17 heavy (non-hydrogen) atoms. The zero-order valence-corrected chi connectivity index (χ0v) is 11.4. The van der Waals surface area contributed by atoms with E-state index in [-0.39, 0.29) is 5.91 Å². The van der Waals surface area contributed by atoms with Crippen LogP contribution in [-0.4, -0.2) is 23.9 Å². The predicted molar refractivity (Wildman–Crippen MR) is 74.9 cm³/mol. The van der Waals surface area contributed by atoms with Gasteiger partial charge >= 0.3 is 0 Å². The monoisotopic (exact) mass is 235 g/mol. The summed E-state index contributed by atoms with van der Waals surface area (Å²) in [6.45, 7) is 10.8. The zero-order valence-electron chi connectivity index (χ0n) is 11.4. The quantitative estimate of drug-likeness (QED) is 0.464. The number of nitrogens with zero attached hydrogens (tertiary/aromatic N) is 1. The van der Waals surface area contributed by atoms with E-state index in [4.69, 9.17) is 0 Å². The van der Waals surface area contributed by atoms with Gasteiger partial charge in [-0.25, -0.2) is 0 Å². The maximum Gasteiger partial charge on any atom is 0.220 e. The van der Waals surface area contributed by atoms with E-state index in [1.807, 2.05) is 0 Å². The van der Waals surface area contributed by atoms with Crippen molar-refractivity contribution in [3.63, 3.8) is 0 Å². The molecule has 0 saturated carbocycles. The van der Waals surface area contributed by atoms with Crippen molar-refractivity contribution in [2.45, 2.75) is 40.0 Å². The number of hydrogen-bond donors (Lipinski definition) is 0.